The second kappa shape index (κ2) is 3.70. The Bertz CT molecular complexity index is 231. The van der Waals surface area contributed by atoms with Crippen molar-refractivity contribution in [1.82, 2.24) is 0 Å². The van der Waals surface area contributed by atoms with Crippen molar-refractivity contribution >= 4 is 0 Å². The first-order valence-corrected chi connectivity index (χ1v) is 4.07. The normalized spacial score (nSPS) is 11.6. The van der Waals surface area contributed by atoms with E-state index < -0.39 is 0 Å². The molecule has 0 saturated carbocycles. The zero-order valence-electron chi connectivity index (χ0n) is 7.95. The molecular formula is C10H16NO+. The number of quaternary nitrogens is 1. The number of benzene rings is 1. The van der Waals surface area contributed by atoms with E-state index in [1.54, 1.807) is 7.11 Å². The summed E-state index contributed by atoms with van der Waals surface area (Å²) in [4.78, 5) is 5.28. The number of hydroxylamine groups is 3. The first kappa shape index (κ1) is 9.23. The smallest absolute Gasteiger partial charge is 0.134 e. The molecule has 1 rings (SSSR count). The number of rotatable bonds is 3. The molecule has 0 aromatic heterocycles. The van der Waals surface area contributed by atoms with Crippen LogP contribution in [0.25, 0.3) is 0 Å². The molecule has 0 saturated heterocycles. The summed E-state index contributed by atoms with van der Waals surface area (Å²) >= 11 is 0. The molecule has 0 amide bonds. The summed E-state index contributed by atoms with van der Waals surface area (Å²) in [5, 5.41) is 0. The molecule has 2 nitrogen and oxygen atoms in total. The van der Waals surface area contributed by atoms with E-state index in [-0.39, 0.29) is 0 Å². The standard InChI is InChI=1S/C10H16NO/c1-11(2,12-3)9-10-7-5-4-6-8-10/h4-8H,9H2,1-3H3/q+1. The fourth-order valence-corrected chi connectivity index (χ4v) is 1.09. The van der Waals surface area contributed by atoms with Gasteiger partial charge in [0.05, 0.1) is 21.2 Å². The van der Waals surface area contributed by atoms with Crippen molar-refractivity contribution in [1.29, 1.82) is 0 Å². The Morgan fingerprint density at radius 2 is 1.75 bits per heavy atom. The first-order valence-electron chi connectivity index (χ1n) is 4.07. The summed E-state index contributed by atoms with van der Waals surface area (Å²) in [6.07, 6.45) is 0. The van der Waals surface area contributed by atoms with E-state index in [9.17, 15) is 0 Å². The quantitative estimate of drug-likeness (QED) is 0.491. The van der Waals surface area contributed by atoms with E-state index in [4.69, 9.17) is 4.84 Å². The van der Waals surface area contributed by atoms with Gasteiger partial charge in [-0.05, 0) is 0 Å². The van der Waals surface area contributed by atoms with Crippen LogP contribution in [0.3, 0.4) is 0 Å². The van der Waals surface area contributed by atoms with Gasteiger partial charge in [0, 0.05) is 5.56 Å². The predicted molar refractivity (Wildman–Crippen MR) is 49.3 cm³/mol. The fraction of sp³-hybridized carbons (Fsp3) is 0.400. The summed E-state index contributed by atoms with van der Waals surface area (Å²) in [5.41, 5.74) is 1.30. The zero-order valence-corrected chi connectivity index (χ0v) is 7.95. The van der Waals surface area contributed by atoms with Gasteiger partial charge in [-0.2, -0.15) is 4.65 Å². The fourth-order valence-electron chi connectivity index (χ4n) is 1.09. The molecule has 0 atom stereocenters. The van der Waals surface area contributed by atoms with Crippen LogP contribution < -0.4 is 0 Å². The monoisotopic (exact) mass is 166 g/mol. The topological polar surface area (TPSA) is 9.23 Å². The highest BCUT2D eigenvalue weighted by atomic mass is 16.7. The van der Waals surface area contributed by atoms with Gasteiger partial charge in [0.25, 0.3) is 0 Å². The summed E-state index contributed by atoms with van der Waals surface area (Å²) in [7, 11) is 5.79. The maximum atomic E-state index is 5.28. The first-order chi connectivity index (χ1) is 5.64. The van der Waals surface area contributed by atoms with Crippen LogP contribution in [0.15, 0.2) is 30.3 Å². The third-order valence-electron chi connectivity index (χ3n) is 1.90. The summed E-state index contributed by atoms with van der Waals surface area (Å²) in [6, 6.07) is 10.3. The molecule has 66 valence electrons. The number of nitrogens with zero attached hydrogens (tertiary/aromatic N) is 1. The Hall–Kier alpha value is -0.860. The van der Waals surface area contributed by atoms with Crippen LogP contribution in [-0.4, -0.2) is 25.9 Å². The van der Waals surface area contributed by atoms with Crippen LogP contribution in [0.5, 0.6) is 0 Å². The Kier molecular flexibility index (Phi) is 2.84. The van der Waals surface area contributed by atoms with E-state index in [2.05, 4.69) is 12.1 Å². The molecule has 0 fully saturated rings. The van der Waals surface area contributed by atoms with Crippen LogP contribution in [0.1, 0.15) is 5.56 Å². The zero-order chi connectivity index (χ0) is 9.03. The van der Waals surface area contributed by atoms with E-state index >= 15 is 0 Å². The molecule has 1 aromatic carbocycles. The molecule has 0 radical (unpaired) electrons. The van der Waals surface area contributed by atoms with E-state index in [0.717, 1.165) is 6.54 Å². The van der Waals surface area contributed by atoms with Crippen molar-refractivity contribution in [2.75, 3.05) is 21.2 Å². The van der Waals surface area contributed by atoms with Crippen molar-refractivity contribution in [2.45, 2.75) is 6.54 Å². The molecule has 0 spiro atoms. The Balaban J connectivity index is 2.64. The van der Waals surface area contributed by atoms with Gasteiger partial charge in [-0.15, -0.1) is 0 Å². The highest BCUT2D eigenvalue weighted by Gasteiger charge is 2.14. The SMILES string of the molecule is CO[N+](C)(C)Cc1ccccc1. The molecule has 1 aromatic rings. The minimum Gasteiger partial charge on any atom is -0.206 e. The Labute approximate surface area is 73.9 Å². The van der Waals surface area contributed by atoms with E-state index in [0.29, 0.717) is 4.65 Å². The van der Waals surface area contributed by atoms with Crippen LogP contribution in [-0.2, 0) is 11.4 Å². The van der Waals surface area contributed by atoms with Crippen LogP contribution >= 0.6 is 0 Å². The van der Waals surface area contributed by atoms with Crippen molar-refractivity contribution in [2.24, 2.45) is 0 Å². The largest absolute Gasteiger partial charge is 0.206 e. The average molecular weight is 166 g/mol. The lowest BCUT2D eigenvalue weighted by molar-refractivity contribution is -1.08. The maximum Gasteiger partial charge on any atom is 0.134 e. The molecule has 0 N–H and O–H groups in total. The molecule has 0 heterocycles. The Morgan fingerprint density at radius 1 is 1.17 bits per heavy atom. The van der Waals surface area contributed by atoms with Crippen LogP contribution in [0.2, 0.25) is 0 Å². The second-order valence-corrected chi connectivity index (χ2v) is 3.40. The number of hydrogen-bond donors (Lipinski definition) is 0. The average Bonchev–Trinajstić information content (AvgIpc) is 2.06. The molecule has 0 aliphatic rings. The van der Waals surface area contributed by atoms with Gasteiger partial charge in [0.1, 0.15) is 6.54 Å². The Morgan fingerprint density at radius 3 is 2.25 bits per heavy atom. The minimum absolute atomic E-state index is 0.560. The second-order valence-electron chi connectivity index (χ2n) is 3.40. The summed E-state index contributed by atoms with van der Waals surface area (Å²) in [5.74, 6) is 0. The van der Waals surface area contributed by atoms with Gasteiger partial charge in [0.15, 0.2) is 0 Å². The molecule has 12 heavy (non-hydrogen) atoms. The number of hydrogen-bond acceptors (Lipinski definition) is 1. The van der Waals surface area contributed by atoms with Crippen LogP contribution in [0.4, 0.5) is 0 Å². The lowest BCUT2D eigenvalue weighted by Crippen LogP contribution is -2.37. The highest BCUT2D eigenvalue weighted by Crippen LogP contribution is 2.07. The lowest BCUT2D eigenvalue weighted by atomic mass is 10.2. The van der Waals surface area contributed by atoms with E-state index in [1.807, 2.05) is 32.3 Å². The molecule has 2 heteroatoms. The third-order valence-corrected chi connectivity index (χ3v) is 1.90. The molecular weight excluding hydrogens is 150 g/mol. The summed E-state index contributed by atoms with van der Waals surface area (Å²) in [6.45, 7) is 0.900. The van der Waals surface area contributed by atoms with Gasteiger partial charge >= 0.3 is 0 Å². The van der Waals surface area contributed by atoms with Gasteiger partial charge in [-0.3, -0.25) is 0 Å². The van der Waals surface area contributed by atoms with Gasteiger partial charge in [-0.25, -0.2) is 4.84 Å². The molecule has 0 unspecified atom stereocenters. The highest BCUT2D eigenvalue weighted by molar-refractivity contribution is 5.13. The van der Waals surface area contributed by atoms with Crippen molar-refractivity contribution in [3.8, 4) is 0 Å². The predicted octanol–water partition coefficient (Wildman–Crippen LogP) is 1.82. The van der Waals surface area contributed by atoms with Crippen molar-refractivity contribution in [3.63, 3.8) is 0 Å². The van der Waals surface area contributed by atoms with Gasteiger partial charge in [-0.1, -0.05) is 30.3 Å². The minimum atomic E-state index is 0.560. The van der Waals surface area contributed by atoms with Gasteiger partial charge in [0.2, 0.25) is 0 Å². The third kappa shape index (κ3) is 2.64. The molecule has 0 aliphatic heterocycles. The van der Waals surface area contributed by atoms with E-state index in [1.165, 1.54) is 5.56 Å². The van der Waals surface area contributed by atoms with Gasteiger partial charge < -0.3 is 0 Å². The summed E-state index contributed by atoms with van der Waals surface area (Å²) < 4.78 is 0.560. The van der Waals surface area contributed by atoms with Crippen molar-refractivity contribution < 1.29 is 9.48 Å². The van der Waals surface area contributed by atoms with Crippen molar-refractivity contribution in [3.05, 3.63) is 35.9 Å². The lowest BCUT2D eigenvalue weighted by Gasteiger charge is -2.24. The maximum absolute atomic E-state index is 5.28. The molecule has 0 bridgehead atoms. The molecule has 0 aliphatic carbocycles. The van der Waals surface area contributed by atoms with Crippen LogP contribution in [0, 0.1) is 0 Å².